The number of carbonyl (C=O) groups excluding carboxylic acids is 1. The van der Waals surface area contributed by atoms with E-state index in [9.17, 15) is 4.79 Å². The summed E-state index contributed by atoms with van der Waals surface area (Å²) in [5, 5.41) is 0. The second-order valence-corrected chi connectivity index (χ2v) is 6.89. The number of benzene rings is 2. The molecule has 3 rings (SSSR count). The van der Waals surface area contributed by atoms with Gasteiger partial charge in [0.2, 0.25) is 0 Å². The smallest absolute Gasteiger partial charge is 0.255 e. The van der Waals surface area contributed by atoms with Gasteiger partial charge >= 0.3 is 0 Å². The van der Waals surface area contributed by atoms with Crippen LogP contribution in [0.2, 0.25) is 0 Å². The molecule has 1 aliphatic rings. The molecule has 0 aliphatic carbocycles. The molecule has 3 nitrogen and oxygen atoms in total. The zero-order valence-corrected chi connectivity index (χ0v) is 14.9. The Morgan fingerprint density at radius 2 is 1.65 bits per heavy atom. The van der Waals surface area contributed by atoms with Crippen molar-refractivity contribution in [3.63, 3.8) is 0 Å². The Kier molecular flexibility index (Phi) is 5.13. The van der Waals surface area contributed by atoms with Gasteiger partial charge in [-0.2, -0.15) is 0 Å². The van der Waals surface area contributed by atoms with Crippen LogP contribution in [0, 0.1) is 6.92 Å². The molecule has 1 amide bonds. The van der Waals surface area contributed by atoms with Gasteiger partial charge in [-0.3, -0.25) is 9.69 Å². The van der Waals surface area contributed by atoms with Crippen molar-refractivity contribution in [3.05, 3.63) is 69.7 Å². The first kappa shape index (κ1) is 16.2. The molecule has 0 atom stereocenters. The summed E-state index contributed by atoms with van der Waals surface area (Å²) >= 11 is 3.47. The number of hydrogen-bond donors (Lipinski definition) is 0. The summed E-state index contributed by atoms with van der Waals surface area (Å²) in [5.74, 6) is 0.118. The van der Waals surface area contributed by atoms with E-state index in [1.165, 1.54) is 11.1 Å². The summed E-state index contributed by atoms with van der Waals surface area (Å²) in [5.41, 5.74) is 3.37. The van der Waals surface area contributed by atoms with Crippen molar-refractivity contribution in [2.24, 2.45) is 0 Å². The van der Waals surface area contributed by atoms with E-state index in [-0.39, 0.29) is 5.91 Å². The third-order valence-electron chi connectivity index (χ3n) is 4.29. The summed E-state index contributed by atoms with van der Waals surface area (Å²) in [4.78, 5) is 17.0. The van der Waals surface area contributed by atoms with E-state index in [0.717, 1.165) is 42.8 Å². The highest BCUT2D eigenvalue weighted by molar-refractivity contribution is 9.10. The third kappa shape index (κ3) is 4.01. The van der Waals surface area contributed by atoms with Crippen LogP contribution in [0.1, 0.15) is 21.5 Å². The molecule has 2 aromatic carbocycles. The molecule has 0 N–H and O–H groups in total. The van der Waals surface area contributed by atoms with Crippen LogP contribution < -0.4 is 0 Å². The maximum Gasteiger partial charge on any atom is 0.255 e. The molecule has 1 saturated heterocycles. The number of aryl methyl sites for hydroxylation is 1. The van der Waals surface area contributed by atoms with E-state index < -0.39 is 0 Å². The van der Waals surface area contributed by atoms with Crippen molar-refractivity contribution in [1.82, 2.24) is 9.80 Å². The lowest BCUT2D eigenvalue weighted by molar-refractivity contribution is 0.0627. The summed E-state index contributed by atoms with van der Waals surface area (Å²) in [7, 11) is 0. The molecule has 120 valence electrons. The minimum Gasteiger partial charge on any atom is -0.336 e. The molecule has 23 heavy (non-hydrogen) atoms. The maximum absolute atomic E-state index is 12.6. The second-order valence-electron chi connectivity index (χ2n) is 6.03. The van der Waals surface area contributed by atoms with Crippen molar-refractivity contribution in [2.45, 2.75) is 13.5 Å². The monoisotopic (exact) mass is 372 g/mol. The van der Waals surface area contributed by atoms with E-state index in [1.54, 1.807) is 0 Å². The minimum atomic E-state index is 0.118. The number of piperazine rings is 1. The topological polar surface area (TPSA) is 23.6 Å². The molecular formula is C19H21BrN2O. The van der Waals surface area contributed by atoms with E-state index in [4.69, 9.17) is 0 Å². The first-order chi connectivity index (χ1) is 11.1. The number of amides is 1. The summed E-state index contributed by atoms with van der Waals surface area (Å²) in [6.45, 7) is 6.47. The van der Waals surface area contributed by atoms with Gasteiger partial charge in [0.1, 0.15) is 0 Å². The van der Waals surface area contributed by atoms with Crippen molar-refractivity contribution in [1.29, 1.82) is 0 Å². The molecule has 0 saturated carbocycles. The van der Waals surface area contributed by atoms with Gasteiger partial charge in [-0.15, -0.1) is 0 Å². The average Bonchev–Trinajstić information content (AvgIpc) is 2.57. The average molecular weight is 373 g/mol. The number of rotatable bonds is 3. The molecule has 1 heterocycles. The van der Waals surface area contributed by atoms with Gasteiger partial charge < -0.3 is 4.90 Å². The van der Waals surface area contributed by atoms with E-state index in [2.05, 4.69) is 52.0 Å². The third-order valence-corrected chi connectivity index (χ3v) is 4.98. The summed E-state index contributed by atoms with van der Waals surface area (Å²) in [6.07, 6.45) is 0. The lowest BCUT2D eigenvalue weighted by Gasteiger charge is -2.35. The Balaban J connectivity index is 1.57. The highest BCUT2D eigenvalue weighted by Crippen LogP contribution is 2.19. The van der Waals surface area contributed by atoms with E-state index in [1.807, 2.05) is 29.2 Å². The van der Waals surface area contributed by atoms with Crippen molar-refractivity contribution < 1.29 is 4.79 Å². The van der Waals surface area contributed by atoms with Gasteiger partial charge in [-0.25, -0.2) is 0 Å². The standard InChI is InChI=1S/C19H21BrN2O/c1-15-6-8-16(9-7-15)14-21-10-12-22(13-11-21)19(23)17-4-2-3-5-18(17)20/h2-9H,10-14H2,1H3. The molecule has 0 aromatic heterocycles. The Morgan fingerprint density at radius 3 is 2.30 bits per heavy atom. The van der Waals surface area contributed by atoms with Crippen LogP contribution in [0.3, 0.4) is 0 Å². The summed E-state index contributed by atoms with van der Waals surface area (Å²) in [6, 6.07) is 16.3. The van der Waals surface area contributed by atoms with Crippen LogP contribution in [-0.2, 0) is 6.54 Å². The molecule has 2 aromatic rings. The predicted octanol–water partition coefficient (Wildman–Crippen LogP) is 3.72. The Labute approximate surface area is 146 Å². The number of carbonyl (C=O) groups is 1. The fourth-order valence-electron chi connectivity index (χ4n) is 2.87. The molecule has 1 fully saturated rings. The maximum atomic E-state index is 12.6. The second kappa shape index (κ2) is 7.28. The normalized spacial score (nSPS) is 15.7. The van der Waals surface area contributed by atoms with E-state index >= 15 is 0 Å². The molecular weight excluding hydrogens is 352 g/mol. The Bertz CT molecular complexity index is 676. The molecule has 0 bridgehead atoms. The number of nitrogens with zero attached hydrogens (tertiary/aromatic N) is 2. The van der Waals surface area contributed by atoms with Gasteiger partial charge in [0.15, 0.2) is 0 Å². The number of hydrogen-bond acceptors (Lipinski definition) is 2. The van der Waals surface area contributed by atoms with Gasteiger partial charge in [-0.05, 0) is 40.5 Å². The van der Waals surface area contributed by atoms with Crippen LogP contribution in [0.15, 0.2) is 53.0 Å². The number of halogens is 1. The molecule has 0 radical (unpaired) electrons. The molecule has 4 heteroatoms. The zero-order chi connectivity index (χ0) is 16.2. The summed E-state index contributed by atoms with van der Waals surface area (Å²) < 4.78 is 0.868. The predicted molar refractivity (Wildman–Crippen MR) is 96.5 cm³/mol. The van der Waals surface area contributed by atoms with E-state index in [0.29, 0.717) is 0 Å². The lowest BCUT2D eigenvalue weighted by atomic mass is 10.1. The van der Waals surface area contributed by atoms with Crippen molar-refractivity contribution in [3.8, 4) is 0 Å². The Hall–Kier alpha value is -1.65. The first-order valence-corrected chi connectivity index (χ1v) is 8.74. The molecule has 0 spiro atoms. The molecule has 0 unspecified atom stereocenters. The van der Waals surface area contributed by atoms with Crippen LogP contribution in [0.4, 0.5) is 0 Å². The van der Waals surface area contributed by atoms with Crippen LogP contribution in [-0.4, -0.2) is 41.9 Å². The highest BCUT2D eigenvalue weighted by atomic mass is 79.9. The Morgan fingerprint density at radius 1 is 1.00 bits per heavy atom. The quantitative estimate of drug-likeness (QED) is 0.819. The van der Waals surface area contributed by atoms with Gasteiger partial charge in [0, 0.05) is 37.2 Å². The fourth-order valence-corrected chi connectivity index (χ4v) is 3.32. The fraction of sp³-hybridized carbons (Fsp3) is 0.316. The first-order valence-electron chi connectivity index (χ1n) is 7.95. The van der Waals surface area contributed by atoms with Gasteiger partial charge in [0.25, 0.3) is 5.91 Å². The molecule has 1 aliphatic heterocycles. The SMILES string of the molecule is Cc1ccc(CN2CCN(C(=O)c3ccccc3Br)CC2)cc1. The highest BCUT2D eigenvalue weighted by Gasteiger charge is 2.23. The largest absolute Gasteiger partial charge is 0.336 e. The van der Waals surface area contributed by atoms with Crippen LogP contribution >= 0.6 is 15.9 Å². The van der Waals surface area contributed by atoms with Gasteiger partial charge in [0.05, 0.1) is 5.56 Å². The minimum absolute atomic E-state index is 0.118. The van der Waals surface area contributed by atoms with Crippen LogP contribution in [0.5, 0.6) is 0 Å². The van der Waals surface area contributed by atoms with Gasteiger partial charge in [-0.1, -0.05) is 42.0 Å². The van der Waals surface area contributed by atoms with Crippen molar-refractivity contribution >= 4 is 21.8 Å². The van der Waals surface area contributed by atoms with Crippen molar-refractivity contribution in [2.75, 3.05) is 26.2 Å². The lowest BCUT2D eigenvalue weighted by Crippen LogP contribution is -2.48. The zero-order valence-electron chi connectivity index (χ0n) is 13.3. The van der Waals surface area contributed by atoms with Crippen LogP contribution in [0.25, 0.3) is 0 Å².